The molecule has 0 bridgehead atoms. The van der Waals surface area contributed by atoms with E-state index in [0.717, 1.165) is 4.48 Å². The second kappa shape index (κ2) is 4.77. The van der Waals surface area contributed by atoms with Gasteiger partial charge in [0.15, 0.2) is 0 Å². The van der Waals surface area contributed by atoms with E-state index < -0.39 is 6.04 Å². The van der Waals surface area contributed by atoms with Crippen molar-refractivity contribution in [1.29, 1.82) is 0 Å². The number of halogens is 1. The summed E-state index contributed by atoms with van der Waals surface area (Å²) < 4.78 is 0.738. The number of amides is 1. The van der Waals surface area contributed by atoms with Crippen LogP contribution in [0.3, 0.4) is 0 Å². The molecule has 0 unspecified atom stereocenters. The maximum atomic E-state index is 11.4. The molecule has 0 aromatic heterocycles. The van der Waals surface area contributed by atoms with Gasteiger partial charge in [0.2, 0.25) is 5.91 Å². The quantitative estimate of drug-likeness (QED) is 0.794. The fourth-order valence-electron chi connectivity index (χ4n) is 0.686. The number of nitrogens with one attached hydrogen (secondary N) is 1. The molecule has 0 aliphatic heterocycles. The van der Waals surface area contributed by atoms with E-state index in [9.17, 15) is 4.79 Å². The minimum absolute atomic E-state index is 0.145. The molecule has 4 heteroatoms. The average Bonchev–Trinajstić information content (AvgIpc) is 1.96. The largest absolute Gasteiger partial charge is 0.350 e. The summed E-state index contributed by atoms with van der Waals surface area (Å²) in [6.07, 6.45) is 0. The van der Waals surface area contributed by atoms with Crippen LogP contribution in [0.25, 0.3) is 0 Å². The zero-order valence-electron chi connectivity index (χ0n) is 8.36. The van der Waals surface area contributed by atoms with Crippen molar-refractivity contribution in [1.82, 2.24) is 5.32 Å². The molecule has 0 aromatic carbocycles. The fourth-order valence-corrected chi connectivity index (χ4v) is 0.826. The molecule has 0 heterocycles. The van der Waals surface area contributed by atoms with Crippen molar-refractivity contribution in [2.75, 3.05) is 6.54 Å². The molecule has 0 fully saturated rings. The normalized spacial score (nSPS) is 13.6. The molecular weight excluding hydrogens is 232 g/mol. The zero-order valence-corrected chi connectivity index (χ0v) is 9.94. The van der Waals surface area contributed by atoms with Crippen LogP contribution in [0.1, 0.15) is 20.8 Å². The second-order valence-electron chi connectivity index (χ2n) is 4.08. The molecule has 0 aliphatic rings. The molecule has 0 saturated carbocycles. The number of carbonyl (C=O) groups is 1. The average molecular weight is 249 g/mol. The Labute approximate surface area is 87.9 Å². The molecule has 0 aromatic rings. The number of hydrogen-bond donors (Lipinski definition) is 2. The van der Waals surface area contributed by atoms with Gasteiger partial charge < -0.3 is 11.1 Å². The molecule has 0 spiro atoms. The van der Waals surface area contributed by atoms with Crippen molar-refractivity contribution in [2.45, 2.75) is 26.8 Å². The first-order valence-corrected chi connectivity index (χ1v) is 4.91. The van der Waals surface area contributed by atoms with Gasteiger partial charge in [0.1, 0.15) is 0 Å². The minimum atomic E-state index is -0.487. The molecule has 76 valence electrons. The highest BCUT2D eigenvalue weighted by molar-refractivity contribution is 9.11. The Morgan fingerprint density at radius 2 is 2.08 bits per heavy atom. The number of hydrogen-bond acceptors (Lipinski definition) is 2. The lowest BCUT2D eigenvalue weighted by molar-refractivity contribution is -0.124. The van der Waals surface area contributed by atoms with Crippen LogP contribution in [0.5, 0.6) is 0 Å². The first kappa shape index (κ1) is 12.7. The van der Waals surface area contributed by atoms with E-state index in [1.807, 2.05) is 20.8 Å². The summed E-state index contributed by atoms with van der Waals surface area (Å²) in [7, 11) is 0. The first-order chi connectivity index (χ1) is 5.75. The topological polar surface area (TPSA) is 55.1 Å². The van der Waals surface area contributed by atoms with E-state index in [2.05, 4.69) is 27.8 Å². The molecule has 0 saturated heterocycles. The van der Waals surface area contributed by atoms with E-state index in [0.29, 0.717) is 6.54 Å². The summed E-state index contributed by atoms with van der Waals surface area (Å²) in [6.45, 7) is 9.82. The van der Waals surface area contributed by atoms with Gasteiger partial charge in [0.25, 0.3) is 0 Å². The van der Waals surface area contributed by atoms with Crippen molar-refractivity contribution in [3.8, 4) is 0 Å². The minimum Gasteiger partial charge on any atom is -0.350 e. The Bertz CT molecular complexity index is 208. The summed E-state index contributed by atoms with van der Waals surface area (Å²) in [5.74, 6) is -0.145. The lowest BCUT2D eigenvalue weighted by Gasteiger charge is -2.25. The van der Waals surface area contributed by atoms with Gasteiger partial charge in [-0.2, -0.15) is 0 Å². The van der Waals surface area contributed by atoms with Gasteiger partial charge in [-0.1, -0.05) is 43.3 Å². The highest BCUT2D eigenvalue weighted by Gasteiger charge is 2.26. The predicted molar refractivity (Wildman–Crippen MR) is 58.5 cm³/mol. The molecule has 0 aliphatic carbocycles. The maximum Gasteiger partial charge on any atom is 0.237 e. The summed E-state index contributed by atoms with van der Waals surface area (Å²) in [5.41, 5.74) is 5.51. The van der Waals surface area contributed by atoms with E-state index in [1.54, 1.807) is 0 Å². The van der Waals surface area contributed by atoms with Crippen LogP contribution in [0.4, 0.5) is 0 Å². The van der Waals surface area contributed by atoms with E-state index in [4.69, 9.17) is 5.73 Å². The summed E-state index contributed by atoms with van der Waals surface area (Å²) in [6, 6.07) is -0.487. The van der Waals surface area contributed by atoms with Gasteiger partial charge in [-0.15, -0.1) is 0 Å². The SMILES string of the molecule is C=C(Br)CNC(=O)[C@H](N)C(C)(C)C. The highest BCUT2D eigenvalue weighted by atomic mass is 79.9. The van der Waals surface area contributed by atoms with Crippen molar-refractivity contribution < 1.29 is 4.79 Å². The van der Waals surface area contributed by atoms with Crippen LogP contribution in [0.15, 0.2) is 11.1 Å². The smallest absolute Gasteiger partial charge is 0.237 e. The van der Waals surface area contributed by atoms with E-state index in [1.165, 1.54) is 0 Å². The van der Waals surface area contributed by atoms with Crippen LogP contribution in [-0.4, -0.2) is 18.5 Å². The number of carbonyl (C=O) groups excluding carboxylic acids is 1. The highest BCUT2D eigenvalue weighted by Crippen LogP contribution is 2.17. The summed E-state index contributed by atoms with van der Waals surface area (Å²) >= 11 is 3.15. The van der Waals surface area contributed by atoms with Crippen molar-refractivity contribution in [2.24, 2.45) is 11.1 Å². The van der Waals surface area contributed by atoms with Crippen LogP contribution in [0.2, 0.25) is 0 Å². The molecular formula is C9H17BrN2O. The Hall–Kier alpha value is -0.350. The standard InChI is InChI=1S/C9H17BrN2O/c1-6(10)5-12-8(13)7(11)9(2,3)4/h7H,1,5,11H2,2-4H3,(H,12,13)/t7-/m0/s1. The Morgan fingerprint density at radius 1 is 1.62 bits per heavy atom. The van der Waals surface area contributed by atoms with Crippen LogP contribution in [0, 0.1) is 5.41 Å². The van der Waals surface area contributed by atoms with Gasteiger partial charge >= 0.3 is 0 Å². The maximum absolute atomic E-state index is 11.4. The van der Waals surface area contributed by atoms with E-state index in [-0.39, 0.29) is 11.3 Å². The zero-order chi connectivity index (χ0) is 10.6. The van der Waals surface area contributed by atoms with Crippen LogP contribution >= 0.6 is 15.9 Å². The molecule has 1 amide bonds. The molecule has 3 nitrogen and oxygen atoms in total. The molecule has 3 N–H and O–H groups in total. The van der Waals surface area contributed by atoms with Gasteiger partial charge in [-0.25, -0.2) is 0 Å². The summed E-state index contributed by atoms with van der Waals surface area (Å²) in [4.78, 5) is 11.4. The third kappa shape index (κ3) is 5.05. The van der Waals surface area contributed by atoms with E-state index >= 15 is 0 Å². The van der Waals surface area contributed by atoms with Crippen molar-refractivity contribution in [3.05, 3.63) is 11.1 Å². The van der Waals surface area contributed by atoms with Crippen molar-refractivity contribution in [3.63, 3.8) is 0 Å². The lowest BCUT2D eigenvalue weighted by Crippen LogP contribution is -2.48. The third-order valence-electron chi connectivity index (χ3n) is 1.67. The molecule has 13 heavy (non-hydrogen) atoms. The predicted octanol–water partition coefficient (Wildman–Crippen LogP) is 1.38. The van der Waals surface area contributed by atoms with Gasteiger partial charge in [-0.05, 0) is 5.41 Å². The second-order valence-corrected chi connectivity index (χ2v) is 5.20. The first-order valence-electron chi connectivity index (χ1n) is 4.11. The third-order valence-corrected chi connectivity index (χ3v) is 1.95. The lowest BCUT2D eigenvalue weighted by atomic mass is 9.87. The Morgan fingerprint density at radius 3 is 2.38 bits per heavy atom. The summed E-state index contributed by atoms with van der Waals surface area (Å²) in [5, 5.41) is 2.68. The Balaban J connectivity index is 4.05. The monoisotopic (exact) mass is 248 g/mol. The molecule has 0 rings (SSSR count). The molecule has 0 radical (unpaired) electrons. The van der Waals surface area contributed by atoms with Crippen molar-refractivity contribution >= 4 is 21.8 Å². The number of nitrogens with two attached hydrogens (primary N) is 1. The van der Waals surface area contributed by atoms with Crippen LogP contribution < -0.4 is 11.1 Å². The van der Waals surface area contributed by atoms with Gasteiger partial charge in [-0.3, -0.25) is 4.79 Å². The molecule has 1 atom stereocenters. The Kier molecular flexibility index (Phi) is 4.64. The number of rotatable bonds is 3. The van der Waals surface area contributed by atoms with Crippen LogP contribution in [-0.2, 0) is 4.79 Å². The van der Waals surface area contributed by atoms with Gasteiger partial charge in [0.05, 0.1) is 6.04 Å². The van der Waals surface area contributed by atoms with Gasteiger partial charge in [0, 0.05) is 11.0 Å². The fraction of sp³-hybridized carbons (Fsp3) is 0.667.